The van der Waals surface area contributed by atoms with Gasteiger partial charge in [-0.1, -0.05) is 30.9 Å². The highest BCUT2D eigenvalue weighted by Gasteiger charge is 2.29. The van der Waals surface area contributed by atoms with Crippen molar-refractivity contribution in [2.45, 2.75) is 19.0 Å². The Kier molecular flexibility index (Phi) is 5.06. The van der Waals surface area contributed by atoms with Gasteiger partial charge in [0.1, 0.15) is 0 Å². The van der Waals surface area contributed by atoms with Gasteiger partial charge in [-0.3, -0.25) is 4.79 Å². The fraction of sp³-hybridized carbons (Fsp3) is 0.353. The van der Waals surface area contributed by atoms with E-state index in [-0.39, 0.29) is 5.91 Å². The average Bonchev–Trinajstić information content (AvgIpc) is 2.95. The summed E-state index contributed by atoms with van der Waals surface area (Å²) in [4.78, 5) is 13.2. The number of alkyl halides is 3. The minimum atomic E-state index is -4.30. The van der Waals surface area contributed by atoms with Crippen LogP contribution in [0, 0.1) is 5.92 Å². The Morgan fingerprint density at radius 3 is 2.59 bits per heavy atom. The molecule has 0 aliphatic carbocycles. The Morgan fingerprint density at radius 2 is 2.00 bits per heavy atom. The van der Waals surface area contributed by atoms with Gasteiger partial charge < -0.3 is 4.90 Å². The van der Waals surface area contributed by atoms with E-state index in [1.54, 1.807) is 4.90 Å². The van der Waals surface area contributed by atoms with Gasteiger partial charge in [0.05, 0.1) is 5.56 Å². The summed E-state index contributed by atoms with van der Waals surface area (Å²) in [5.74, 6) is 0.351. The normalized spacial score (nSPS) is 18.9. The zero-order valence-electron chi connectivity index (χ0n) is 12.1. The van der Waals surface area contributed by atoms with Crippen molar-refractivity contribution in [3.8, 4) is 0 Å². The third kappa shape index (κ3) is 4.23. The van der Waals surface area contributed by atoms with Crippen LogP contribution < -0.4 is 0 Å². The molecule has 2 nitrogen and oxygen atoms in total. The average molecular weight is 309 g/mol. The van der Waals surface area contributed by atoms with Gasteiger partial charge in [-0.2, -0.15) is 13.2 Å². The summed E-state index contributed by atoms with van der Waals surface area (Å²) in [5, 5.41) is 0. The Labute approximate surface area is 127 Å². The van der Waals surface area contributed by atoms with E-state index in [0.717, 1.165) is 37.1 Å². The SMILES string of the molecule is C=CC(=O)N1CCC(CC=Cc2ccc(C(F)(F)F)cc2)C1. The van der Waals surface area contributed by atoms with Crippen LogP contribution in [0.5, 0.6) is 0 Å². The maximum absolute atomic E-state index is 12.4. The largest absolute Gasteiger partial charge is 0.416 e. The fourth-order valence-corrected chi connectivity index (χ4v) is 2.53. The second kappa shape index (κ2) is 6.81. The van der Waals surface area contributed by atoms with Gasteiger partial charge in [0, 0.05) is 13.1 Å². The fourth-order valence-electron chi connectivity index (χ4n) is 2.53. The van der Waals surface area contributed by atoms with Gasteiger partial charge in [-0.15, -0.1) is 0 Å². The number of amides is 1. The maximum Gasteiger partial charge on any atom is 0.416 e. The predicted octanol–water partition coefficient (Wildman–Crippen LogP) is 4.14. The summed E-state index contributed by atoms with van der Waals surface area (Å²) in [5.41, 5.74) is 0.101. The number of likely N-dealkylation sites (tertiary alicyclic amines) is 1. The first-order valence-electron chi connectivity index (χ1n) is 7.15. The summed E-state index contributed by atoms with van der Waals surface area (Å²) in [6.07, 6.45) is 2.54. The van der Waals surface area contributed by atoms with E-state index in [1.165, 1.54) is 18.2 Å². The molecule has 1 atom stereocenters. The molecule has 1 aliphatic heterocycles. The lowest BCUT2D eigenvalue weighted by atomic mass is 10.0. The lowest BCUT2D eigenvalue weighted by Crippen LogP contribution is -2.26. The maximum atomic E-state index is 12.4. The zero-order valence-corrected chi connectivity index (χ0v) is 12.1. The molecule has 1 heterocycles. The molecule has 1 saturated heterocycles. The van der Waals surface area contributed by atoms with Gasteiger partial charge in [-0.25, -0.2) is 0 Å². The van der Waals surface area contributed by atoms with E-state index in [1.807, 2.05) is 12.2 Å². The molecule has 1 aromatic rings. The third-order valence-electron chi connectivity index (χ3n) is 3.79. The molecule has 0 aromatic heterocycles. The molecule has 2 rings (SSSR count). The van der Waals surface area contributed by atoms with Crippen LogP contribution >= 0.6 is 0 Å². The van der Waals surface area contributed by atoms with Crippen LogP contribution in [0.25, 0.3) is 6.08 Å². The van der Waals surface area contributed by atoms with Gasteiger partial charge in [0.2, 0.25) is 5.91 Å². The molecule has 1 unspecified atom stereocenters. The predicted molar refractivity (Wildman–Crippen MR) is 80.0 cm³/mol. The number of benzene rings is 1. The van der Waals surface area contributed by atoms with Crippen molar-refractivity contribution in [3.05, 3.63) is 54.1 Å². The molecule has 1 aliphatic rings. The lowest BCUT2D eigenvalue weighted by Gasteiger charge is -2.13. The van der Waals surface area contributed by atoms with Crippen LogP contribution in [-0.2, 0) is 11.0 Å². The number of rotatable bonds is 4. The van der Waals surface area contributed by atoms with Crippen LogP contribution in [0.15, 0.2) is 43.0 Å². The Morgan fingerprint density at radius 1 is 1.32 bits per heavy atom. The summed E-state index contributed by atoms with van der Waals surface area (Å²) < 4.78 is 37.3. The molecule has 0 radical (unpaired) electrons. The van der Waals surface area contributed by atoms with E-state index in [0.29, 0.717) is 12.5 Å². The first-order valence-corrected chi connectivity index (χ1v) is 7.15. The van der Waals surface area contributed by atoms with Crippen LogP contribution in [0.1, 0.15) is 24.0 Å². The summed E-state index contributed by atoms with van der Waals surface area (Å²) in [7, 11) is 0. The van der Waals surface area contributed by atoms with Crippen LogP contribution in [0.2, 0.25) is 0 Å². The van der Waals surface area contributed by atoms with Crippen molar-refractivity contribution >= 4 is 12.0 Å². The molecular formula is C17H18F3NO. The first kappa shape index (κ1) is 16.3. The van der Waals surface area contributed by atoms with E-state index < -0.39 is 11.7 Å². The van der Waals surface area contributed by atoms with E-state index in [4.69, 9.17) is 0 Å². The molecule has 1 aromatic carbocycles. The van der Waals surface area contributed by atoms with E-state index in [2.05, 4.69) is 6.58 Å². The number of carbonyl (C=O) groups is 1. The van der Waals surface area contributed by atoms with Gasteiger partial charge >= 0.3 is 6.18 Å². The molecule has 118 valence electrons. The van der Waals surface area contributed by atoms with Crippen molar-refractivity contribution in [1.29, 1.82) is 0 Å². The number of allylic oxidation sites excluding steroid dienone is 1. The summed E-state index contributed by atoms with van der Waals surface area (Å²) in [6, 6.07) is 5.09. The van der Waals surface area contributed by atoms with Gasteiger partial charge in [0.15, 0.2) is 0 Å². The quantitative estimate of drug-likeness (QED) is 0.765. The molecule has 0 spiro atoms. The van der Waals surface area contributed by atoms with Crippen LogP contribution in [0.3, 0.4) is 0 Å². The molecule has 1 fully saturated rings. The third-order valence-corrected chi connectivity index (χ3v) is 3.79. The smallest absolute Gasteiger partial charge is 0.339 e. The number of halogens is 3. The number of hydrogen-bond donors (Lipinski definition) is 0. The van der Waals surface area contributed by atoms with Gasteiger partial charge in [0.25, 0.3) is 0 Å². The number of carbonyl (C=O) groups excluding carboxylic acids is 1. The Balaban J connectivity index is 1.86. The van der Waals surface area contributed by atoms with Crippen molar-refractivity contribution in [3.63, 3.8) is 0 Å². The summed E-state index contributed by atoms with van der Waals surface area (Å²) in [6.45, 7) is 4.92. The van der Waals surface area contributed by atoms with Crippen LogP contribution in [0.4, 0.5) is 13.2 Å². The lowest BCUT2D eigenvalue weighted by molar-refractivity contribution is -0.137. The minimum absolute atomic E-state index is 0.0470. The highest BCUT2D eigenvalue weighted by atomic mass is 19.4. The van der Waals surface area contributed by atoms with E-state index in [9.17, 15) is 18.0 Å². The Hall–Kier alpha value is -2.04. The van der Waals surface area contributed by atoms with Crippen molar-refractivity contribution in [2.75, 3.05) is 13.1 Å². The molecule has 0 saturated carbocycles. The first-order chi connectivity index (χ1) is 10.4. The summed E-state index contributed by atoms with van der Waals surface area (Å²) >= 11 is 0. The Bertz CT molecular complexity index is 560. The molecule has 0 bridgehead atoms. The molecule has 0 N–H and O–H groups in total. The second-order valence-electron chi connectivity index (χ2n) is 5.40. The second-order valence-corrected chi connectivity index (χ2v) is 5.40. The molecule has 22 heavy (non-hydrogen) atoms. The van der Waals surface area contributed by atoms with Crippen molar-refractivity contribution in [2.24, 2.45) is 5.92 Å². The van der Waals surface area contributed by atoms with Gasteiger partial charge in [-0.05, 0) is 42.5 Å². The minimum Gasteiger partial charge on any atom is -0.339 e. The zero-order chi connectivity index (χ0) is 16.2. The molecule has 5 heteroatoms. The molecule has 1 amide bonds. The van der Waals surface area contributed by atoms with Crippen molar-refractivity contribution < 1.29 is 18.0 Å². The molecular weight excluding hydrogens is 291 g/mol. The number of hydrogen-bond acceptors (Lipinski definition) is 1. The highest BCUT2D eigenvalue weighted by Crippen LogP contribution is 2.29. The highest BCUT2D eigenvalue weighted by molar-refractivity contribution is 5.87. The standard InChI is InChI=1S/C17H18F3NO/c1-2-16(22)21-11-10-14(12-21)5-3-4-13-6-8-15(9-7-13)17(18,19)20/h2-4,6-9,14H,1,5,10-12H2. The number of nitrogens with zero attached hydrogens (tertiary/aromatic N) is 1. The van der Waals surface area contributed by atoms with E-state index >= 15 is 0 Å². The monoisotopic (exact) mass is 309 g/mol. The van der Waals surface area contributed by atoms with Crippen molar-refractivity contribution in [1.82, 2.24) is 4.90 Å². The topological polar surface area (TPSA) is 20.3 Å². The van der Waals surface area contributed by atoms with Crippen LogP contribution in [-0.4, -0.2) is 23.9 Å².